The van der Waals surface area contributed by atoms with Gasteiger partial charge in [0.1, 0.15) is 17.7 Å². The van der Waals surface area contributed by atoms with Crippen molar-refractivity contribution in [2.45, 2.75) is 13.8 Å². The Morgan fingerprint density at radius 3 is 2.62 bits per heavy atom. The van der Waals surface area contributed by atoms with Crippen LogP contribution in [0.4, 0.5) is 0 Å². The van der Waals surface area contributed by atoms with Crippen molar-refractivity contribution in [3.05, 3.63) is 47.3 Å². The highest BCUT2D eigenvalue weighted by Crippen LogP contribution is 2.37. The van der Waals surface area contributed by atoms with Gasteiger partial charge in [0.15, 0.2) is 5.75 Å². The first-order valence-electron chi connectivity index (χ1n) is 6.56. The van der Waals surface area contributed by atoms with Gasteiger partial charge in [0.25, 0.3) is 0 Å². The highest BCUT2D eigenvalue weighted by atomic mass is 16.5. The van der Waals surface area contributed by atoms with E-state index in [4.69, 9.17) is 4.74 Å². The third kappa shape index (κ3) is 2.84. The summed E-state index contributed by atoms with van der Waals surface area (Å²) in [6, 6.07) is 11.6. The van der Waals surface area contributed by atoms with Crippen molar-refractivity contribution in [2.24, 2.45) is 0 Å². The minimum absolute atomic E-state index is 0.391. The van der Waals surface area contributed by atoms with Gasteiger partial charge in [-0.2, -0.15) is 5.26 Å². The number of ether oxygens (including phenoxy) is 1. The molecule has 21 heavy (non-hydrogen) atoms. The summed E-state index contributed by atoms with van der Waals surface area (Å²) in [7, 11) is 0. The normalized spacial score (nSPS) is 9.57. The third-order valence-electron chi connectivity index (χ3n) is 3.02. The summed E-state index contributed by atoms with van der Waals surface area (Å²) in [5.41, 5.74) is 2.91. The summed E-state index contributed by atoms with van der Waals surface area (Å²) in [4.78, 5) is 15.0. The lowest BCUT2D eigenvalue weighted by Gasteiger charge is -2.15. The van der Waals surface area contributed by atoms with Crippen LogP contribution in [0, 0.1) is 18.3 Å². The number of hydrogen-bond donors (Lipinski definition) is 0. The van der Waals surface area contributed by atoms with Crippen molar-refractivity contribution >= 4 is 12.0 Å². The lowest BCUT2D eigenvalue weighted by atomic mass is 9.97. The van der Waals surface area contributed by atoms with Crippen LogP contribution in [0.2, 0.25) is 0 Å². The number of aryl methyl sites for hydroxylation is 1. The molecule has 1 heterocycles. The highest BCUT2D eigenvalue weighted by molar-refractivity contribution is 5.85. The van der Waals surface area contributed by atoms with Crippen LogP contribution in [-0.4, -0.2) is 17.5 Å². The molecule has 0 bridgehead atoms. The Labute approximate surface area is 123 Å². The summed E-state index contributed by atoms with van der Waals surface area (Å²) in [5.74, 6) is 2.16. The van der Waals surface area contributed by atoms with E-state index in [2.05, 4.69) is 11.1 Å². The molecule has 0 aliphatic carbocycles. The molecular formula is C17H14N2O2. The molecule has 104 valence electrons. The van der Waals surface area contributed by atoms with Gasteiger partial charge in [-0.25, -0.2) is 9.78 Å². The summed E-state index contributed by atoms with van der Waals surface area (Å²) in [6.07, 6.45) is 1.23. The molecule has 4 heteroatoms. The van der Waals surface area contributed by atoms with Gasteiger partial charge in [0.05, 0.1) is 23.9 Å². The SMILES string of the molecule is CCOc1c(C=C=O)nc(C)c(C#N)c1-c1ccccc1. The van der Waals surface area contributed by atoms with Crippen molar-refractivity contribution < 1.29 is 9.53 Å². The van der Waals surface area contributed by atoms with Gasteiger partial charge in [0.2, 0.25) is 0 Å². The minimum atomic E-state index is 0.391. The summed E-state index contributed by atoms with van der Waals surface area (Å²) in [5, 5.41) is 9.44. The van der Waals surface area contributed by atoms with Crippen molar-refractivity contribution in [3.8, 4) is 22.9 Å². The van der Waals surface area contributed by atoms with E-state index in [1.807, 2.05) is 37.3 Å². The van der Waals surface area contributed by atoms with Crippen LogP contribution in [0.1, 0.15) is 23.9 Å². The van der Waals surface area contributed by atoms with Gasteiger partial charge in [-0.05, 0) is 19.4 Å². The molecule has 1 aromatic carbocycles. The zero-order valence-corrected chi connectivity index (χ0v) is 11.9. The molecular weight excluding hydrogens is 264 g/mol. The molecule has 2 rings (SSSR count). The fraction of sp³-hybridized carbons (Fsp3) is 0.176. The van der Waals surface area contributed by atoms with E-state index in [9.17, 15) is 10.1 Å². The molecule has 0 atom stereocenters. The van der Waals surface area contributed by atoms with Crippen LogP contribution >= 0.6 is 0 Å². The summed E-state index contributed by atoms with van der Waals surface area (Å²) in [6.45, 7) is 3.99. The van der Waals surface area contributed by atoms with E-state index in [0.717, 1.165) is 5.56 Å². The number of nitrogens with zero attached hydrogens (tertiary/aromatic N) is 2. The maximum Gasteiger partial charge on any atom is 0.154 e. The molecule has 2 aromatic rings. The van der Waals surface area contributed by atoms with Crippen molar-refractivity contribution in [1.82, 2.24) is 4.98 Å². The Bertz CT molecular complexity index is 740. The van der Waals surface area contributed by atoms with Crippen molar-refractivity contribution in [2.75, 3.05) is 6.61 Å². The number of hydrogen-bond acceptors (Lipinski definition) is 4. The summed E-state index contributed by atoms with van der Waals surface area (Å²) < 4.78 is 5.65. The fourth-order valence-electron chi connectivity index (χ4n) is 2.17. The van der Waals surface area contributed by atoms with E-state index in [1.54, 1.807) is 12.9 Å². The average molecular weight is 278 g/mol. The zero-order valence-electron chi connectivity index (χ0n) is 11.9. The number of benzene rings is 1. The highest BCUT2D eigenvalue weighted by Gasteiger charge is 2.19. The van der Waals surface area contributed by atoms with E-state index >= 15 is 0 Å². The van der Waals surface area contributed by atoms with Crippen LogP contribution < -0.4 is 4.74 Å². The van der Waals surface area contributed by atoms with Gasteiger partial charge in [-0.15, -0.1) is 0 Å². The second-order valence-corrected chi connectivity index (χ2v) is 4.33. The quantitative estimate of drug-likeness (QED) is 0.806. The number of carbonyl (C=O) groups excluding carboxylic acids is 1. The number of rotatable bonds is 4. The first kappa shape index (κ1) is 14.5. The molecule has 0 saturated carbocycles. The molecule has 0 saturated heterocycles. The minimum Gasteiger partial charge on any atom is -0.491 e. The van der Waals surface area contributed by atoms with Crippen LogP contribution in [0.25, 0.3) is 17.2 Å². The Morgan fingerprint density at radius 2 is 2.05 bits per heavy atom. The van der Waals surface area contributed by atoms with Gasteiger partial charge in [-0.1, -0.05) is 30.3 Å². The smallest absolute Gasteiger partial charge is 0.154 e. The van der Waals surface area contributed by atoms with E-state index in [1.165, 1.54) is 6.08 Å². The first-order valence-corrected chi connectivity index (χ1v) is 6.56. The number of nitriles is 1. The summed E-state index contributed by atoms with van der Waals surface area (Å²) >= 11 is 0. The number of pyridine rings is 1. The van der Waals surface area contributed by atoms with E-state index in [0.29, 0.717) is 34.9 Å². The molecule has 0 fully saturated rings. The second kappa shape index (κ2) is 6.51. The van der Waals surface area contributed by atoms with Crippen molar-refractivity contribution in [3.63, 3.8) is 0 Å². The predicted molar refractivity (Wildman–Crippen MR) is 80.5 cm³/mol. The lowest BCUT2D eigenvalue weighted by Crippen LogP contribution is -2.04. The molecule has 1 aromatic heterocycles. The maximum absolute atomic E-state index is 10.7. The molecule has 0 aliphatic rings. The predicted octanol–water partition coefficient (Wildman–Crippen LogP) is 3.17. The topological polar surface area (TPSA) is 63.0 Å². The van der Waals surface area contributed by atoms with Crippen molar-refractivity contribution in [1.29, 1.82) is 5.26 Å². The molecule has 0 radical (unpaired) electrons. The number of aromatic nitrogens is 1. The van der Waals surface area contributed by atoms with E-state index < -0.39 is 0 Å². The van der Waals surface area contributed by atoms with Gasteiger partial charge in [0, 0.05) is 5.56 Å². The Morgan fingerprint density at radius 1 is 1.33 bits per heavy atom. The molecule has 0 N–H and O–H groups in total. The van der Waals surface area contributed by atoms with Crippen LogP contribution in [0.15, 0.2) is 30.3 Å². The Hall–Kier alpha value is -2.89. The average Bonchev–Trinajstić information content (AvgIpc) is 2.50. The molecule has 0 amide bonds. The first-order chi connectivity index (χ1) is 10.2. The largest absolute Gasteiger partial charge is 0.491 e. The lowest BCUT2D eigenvalue weighted by molar-refractivity contribution is 0.339. The van der Waals surface area contributed by atoms with Gasteiger partial charge in [-0.3, -0.25) is 0 Å². The van der Waals surface area contributed by atoms with Gasteiger partial charge >= 0.3 is 0 Å². The Kier molecular flexibility index (Phi) is 4.50. The zero-order chi connectivity index (χ0) is 15.2. The second-order valence-electron chi connectivity index (χ2n) is 4.33. The van der Waals surface area contributed by atoms with E-state index in [-0.39, 0.29) is 0 Å². The standard InChI is InChI=1S/C17H14N2O2/c1-3-21-17-15(9-10-20)19-12(2)14(11-18)16(17)13-7-5-4-6-8-13/h4-9H,3H2,1-2H3. The van der Waals surface area contributed by atoms with Crippen LogP contribution in [-0.2, 0) is 4.79 Å². The molecule has 0 aliphatic heterocycles. The monoisotopic (exact) mass is 278 g/mol. The molecule has 4 nitrogen and oxygen atoms in total. The molecule has 0 spiro atoms. The third-order valence-corrected chi connectivity index (χ3v) is 3.02. The fourth-order valence-corrected chi connectivity index (χ4v) is 2.17. The molecule has 0 unspecified atom stereocenters. The maximum atomic E-state index is 10.7. The van der Waals surface area contributed by atoms with Crippen LogP contribution in [0.3, 0.4) is 0 Å². The Balaban J connectivity index is 2.87. The van der Waals surface area contributed by atoms with Crippen LogP contribution in [0.5, 0.6) is 5.75 Å². The van der Waals surface area contributed by atoms with Gasteiger partial charge < -0.3 is 4.74 Å².